The van der Waals surface area contributed by atoms with Crippen molar-refractivity contribution in [3.05, 3.63) is 0 Å². The van der Waals surface area contributed by atoms with E-state index in [9.17, 15) is 9.59 Å². The lowest BCUT2D eigenvalue weighted by Crippen LogP contribution is -2.45. The van der Waals surface area contributed by atoms with Crippen molar-refractivity contribution in [1.82, 2.24) is 5.32 Å². The quantitative estimate of drug-likeness (QED) is 0.843. The summed E-state index contributed by atoms with van der Waals surface area (Å²) in [7, 11) is 0. The molecule has 19 heavy (non-hydrogen) atoms. The Balaban J connectivity index is 2.31. The van der Waals surface area contributed by atoms with Gasteiger partial charge in [-0.2, -0.15) is 0 Å². The van der Waals surface area contributed by atoms with Crippen LogP contribution in [0, 0.1) is 5.92 Å². The van der Waals surface area contributed by atoms with Gasteiger partial charge in [-0.25, -0.2) is 4.79 Å². The largest absolute Gasteiger partial charge is 0.444 e. The van der Waals surface area contributed by atoms with Gasteiger partial charge in [0.2, 0.25) is 0 Å². The Morgan fingerprint density at radius 2 is 1.79 bits per heavy atom. The Morgan fingerprint density at radius 3 is 2.26 bits per heavy atom. The summed E-state index contributed by atoms with van der Waals surface area (Å²) in [6.07, 6.45) is -0.598. The summed E-state index contributed by atoms with van der Waals surface area (Å²) in [5, 5.41) is 2.44. The number of carbonyl (C=O) groups excluding carboxylic acids is 2. The predicted octanol–water partition coefficient (Wildman–Crippen LogP) is 1.48. The number of hydrogen-bond acceptors (Lipinski definition) is 5. The number of ketones is 1. The normalized spacial score (nSPS) is 19.8. The Bertz CT molecular complexity index is 335. The van der Waals surface area contributed by atoms with Crippen molar-refractivity contribution < 1.29 is 23.8 Å². The van der Waals surface area contributed by atoms with Crippen LogP contribution < -0.4 is 5.32 Å². The highest BCUT2D eigenvalue weighted by molar-refractivity contribution is 5.86. The molecule has 1 fully saturated rings. The maximum Gasteiger partial charge on any atom is 0.408 e. The molecule has 0 aromatic carbocycles. The van der Waals surface area contributed by atoms with E-state index in [1.165, 1.54) is 0 Å². The number of alkyl carbamates (subject to hydrolysis) is 1. The zero-order valence-corrected chi connectivity index (χ0v) is 12.2. The van der Waals surface area contributed by atoms with Crippen LogP contribution in [0.2, 0.25) is 0 Å². The van der Waals surface area contributed by atoms with E-state index in [0.29, 0.717) is 13.2 Å². The predicted molar refractivity (Wildman–Crippen MR) is 68.7 cm³/mol. The number of ether oxygens (including phenoxy) is 3. The standard InChI is InChI=1S/C13H23NO5/c1-12(2,3)19-11(16)14-6-10(15)9-7-17-13(4,5)18-8-9/h9H,6-8H2,1-5H3,(H,14,16). The first-order valence-electron chi connectivity index (χ1n) is 6.36. The maximum atomic E-state index is 11.8. The van der Waals surface area contributed by atoms with E-state index in [0.717, 1.165) is 0 Å². The Hall–Kier alpha value is -1.14. The highest BCUT2D eigenvalue weighted by Gasteiger charge is 2.32. The molecule has 1 aliphatic rings. The van der Waals surface area contributed by atoms with E-state index in [-0.39, 0.29) is 18.2 Å². The molecule has 1 amide bonds. The third-order valence-electron chi connectivity index (χ3n) is 2.53. The Labute approximate surface area is 113 Å². The maximum absolute atomic E-state index is 11.8. The molecular weight excluding hydrogens is 250 g/mol. The Morgan fingerprint density at radius 1 is 1.26 bits per heavy atom. The average Bonchev–Trinajstić information content (AvgIpc) is 2.23. The van der Waals surface area contributed by atoms with Crippen molar-refractivity contribution in [1.29, 1.82) is 0 Å². The first-order valence-corrected chi connectivity index (χ1v) is 6.36. The van der Waals surface area contributed by atoms with Gasteiger partial charge in [-0.3, -0.25) is 4.79 Å². The van der Waals surface area contributed by atoms with Crippen LogP contribution >= 0.6 is 0 Å². The molecule has 0 aromatic heterocycles. The van der Waals surface area contributed by atoms with Gasteiger partial charge in [0.05, 0.1) is 25.7 Å². The molecule has 1 heterocycles. The van der Waals surface area contributed by atoms with Crippen molar-refractivity contribution in [2.24, 2.45) is 5.92 Å². The molecule has 0 bridgehead atoms. The van der Waals surface area contributed by atoms with Gasteiger partial charge in [-0.1, -0.05) is 0 Å². The van der Waals surface area contributed by atoms with E-state index >= 15 is 0 Å². The highest BCUT2D eigenvalue weighted by atomic mass is 16.7. The van der Waals surface area contributed by atoms with E-state index < -0.39 is 17.5 Å². The van der Waals surface area contributed by atoms with Crippen LogP contribution in [0.1, 0.15) is 34.6 Å². The first-order chi connectivity index (χ1) is 8.59. The number of hydrogen-bond donors (Lipinski definition) is 1. The smallest absolute Gasteiger partial charge is 0.408 e. The van der Waals surface area contributed by atoms with Gasteiger partial charge in [0.25, 0.3) is 0 Å². The van der Waals surface area contributed by atoms with Crippen LogP contribution in [-0.4, -0.2) is 43.0 Å². The molecule has 0 saturated carbocycles. The molecule has 0 radical (unpaired) electrons. The highest BCUT2D eigenvalue weighted by Crippen LogP contribution is 2.20. The topological polar surface area (TPSA) is 73.9 Å². The summed E-state index contributed by atoms with van der Waals surface area (Å²) in [4.78, 5) is 23.2. The lowest BCUT2D eigenvalue weighted by molar-refractivity contribution is -0.258. The molecule has 0 aliphatic carbocycles. The van der Waals surface area contributed by atoms with Gasteiger partial charge in [-0.05, 0) is 34.6 Å². The van der Waals surface area contributed by atoms with E-state index in [4.69, 9.17) is 14.2 Å². The molecule has 1 N–H and O–H groups in total. The summed E-state index contributed by atoms with van der Waals surface area (Å²) in [6.45, 7) is 9.42. The summed E-state index contributed by atoms with van der Waals surface area (Å²) in [5.41, 5.74) is -0.575. The van der Waals surface area contributed by atoms with Gasteiger partial charge in [0.1, 0.15) is 5.60 Å². The van der Waals surface area contributed by atoms with Gasteiger partial charge < -0.3 is 19.5 Å². The third kappa shape index (κ3) is 6.02. The number of nitrogens with one attached hydrogen (secondary N) is 1. The number of Topliss-reactive ketones (excluding diaryl/α,β-unsaturated/α-hetero) is 1. The van der Waals surface area contributed by atoms with Gasteiger partial charge >= 0.3 is 6.09 Å². The molecule has 0 atom stereocenters. The lowest BCUT2D eigenvalue weighted by Gasteiger charge is -2.34. The molecule has 0 aromatic rings. The fraction of sp³-hybridized carbons (Fsp3) is 0.846. The molecule has 1 saturated heterocycles. The lowest BCUT2D eigenvalue weighted by atomic mass is 10.1. The molecule has 1 rings (SSSR count). The number of amides is 1. The van der Waals surface area contributed by atoms with Gasteiger partial charge in [-0.15, -0.1) is 0 Å². The summed E-state index contributed by atoms with van der Waals surface area (Å²) in [5.74, 6) is -1.11. The van der Waals surface area contributed by atoms with Crippen molar-refractivity contribution in [3.63, 3.8) is 0 Å². The monoisotopic (exact) mass is 273 g/mol. The van der Waals surface area contributed by atoms with Gasteiger partial charge in [0.15, 0.2) is 11.6 Å². The molecule has 6 nitrogen and oxygen atoms in total. The minimum atomic E-state index is -0.643. The second-order valence-corrected chi connectivity index (χ2v) is 6.04. The molecular formula is C13H23NO5. The second-order valence-electron chi connectivity index (χ2n) is 6.04. The molecule has 110 valence electrons. The molecule has 0 unspecified atom stereocenters. The van der Waals surface area contributed by atoms with Crippen LogP contribution in [0.3, 0.4) is 0 Å². The van der Waals surface area contributed by atoms with Crippen molar-refractivity contribution >= 4 is 11.9 Å². The fourth-order valence-corrected chi connectivity index (χ4v) is 1.50. The minimum absolute atomic E-state index is 0.0767. The van der Waals surface area contributed by atoms with Gasteiger partial charge in [0, 0.05) is 0 Å². The van der Waals surface area contributed by atoms with Crippen molar-refractivity contribution in [2.75, 3.05) is 19.8 Å². The summed E-state index contributed by atoms with van der Waals surface area (Å²) in [6, 6.07) is 0. The zero-order chi connectivity index (χ0) is 14.7. The van der Waals surface area contributed by atoms with Crippen LogP contribution in [0.15, 0.2) is 0 Å². The van der Waals surface area contributed by atoms with Crippen LogP contribution in [0.25, 0.3) is 0 Å². The van der Waals surface area contributed by atoms with Crippen LogP contribution in [0.5, 0.6) is 0 Å². The molecule has 6 heteroatoms. The van der Waals surface area contributed by atoms with Crippen molar-refractivity contribution in [2.45, 2.75) is 46.0 Å². The summed E-state index contributed by atoms with van der Waals surface area (Å²) < 4.78 is 15.8. The number of rotatable bonds is 3. The molecule has 1 aliphatic heterocycles. The summed E-state index contributed by atoms with van der Waals surface area (Å²) >= 11 is 0. The molecule has 0 spiro atoms. The fourth-order valence-electron chi connectivity index (χ4n) is 1.50. The van der Waals surface area contributed by atoms with Crippen molar-refractivity contribution in [3.8, 4) is 0 Å². The third-order valence-corrected chi connectivity index (χ3v) is 2.53. The number of carbonyl (C=O) groups is 2. The van der Waals surface area contributed by atoms with Crippen LogP contribution in [0.4, 0.5) is 4.79 Å². The van der Waals surface area contributed by atoms with E-state index in [1.54, 1.807) is 34.6 Å². The Kier molecular flexibility index (Phi) is 4.92. The average molecular weight is 273 g/mol. The zero-order valence-electron chi connectivity index (χ0n) is 12.2. The minimum Gasteiger partial charge on any atom is -0.444 e. The van der Waals surface area contributed by atoms with Crippen LogP contribution in [-0.2, 0) is 19.0 Å². The van der Waals surface area contributed by atoms with E-state index in [1.807, 2.05) is 0 Å². The second kappa shape index (κ2) is 5.88. The first kappa shape index (κ1) is 15.9. The van der Waals surface area contributed by atoms with E-state index in [2.05, 4.69) is 5.32 Å². The SMILES string of the molecule is CC(C)(C)OC(=O)NCC(=O)C1COC(C)(C)OC1.